The van der Waals surface area contributed by atoms with Crippen molar-refractivity contribution in [3.63, 3.8) is 0 Å². The minimum Gasteiger partial charge on any atom is -0.493 e. The molecule has 0 spiro atoms. The summed E-state index contributed by atoms with van der Waals surface area (Å²) >= 11 is 0. The number of aromatic hydroxyl groups is 1. The molecule has 0 radical (unpaired) electrons. The van der Waals surface area contributed by atoms with Gasteiger partial charge in [-0.1, -0.05) is 42.5 Å². The summed E-state index contributed by atoms with van der Waals surface area (Å²) in [6, 6.07) is 12.0. The molecule has 27 heavy (non-hydrogen) atoms. The molecule has 0 bridgehead atoms. The average Bonchev–Trinajstić information content (AvgIpc) is 3.16. The highest BCUT2D eigenvalue weighted by Gasteiger charge is 2.12. The minimum atomic E-state index is -0.0553. The number of fused-ring (bicyclic) bond motifs is 1. The van der Waals surface area contributed by atoms with E-state index in [1.54, 1.807) is 18.6 Å². The second-order valence-electron chi connectivity index (χ2n) is 6.41. The Labute approximate surface area is 156 Å². The van der Waals surface area contributed by atoms with Crippen molar-refractivity contribution in [1.82, 2.24) is 24.5 Å². The Bertz CT molecular complexity index is 1090. The molecule has 0 amide bonds. The summed E-state index contributed by atoms with van der Waals surface area (Å²) in [4.78, 5) is 16.9. The Morgan fingerprint density at radius 1 is 1.04 bits per heavy atom. The summed E-state index contributed by atoms with van der Waals surface area (Å²) in [6.45, 7) is 4.99. The molecule has 0 aliphatic carbocycles. The van der Waals surface area contributed by atoms with Crippen LogP contribution in [0.3, 0.4) is 0 Å². The summed E-state index contributed by atoms with van der Waals surface area (Å²) in [5.74, 6) is -0.0553. The normalized spacial score (nSPS) is 11.0. The molecule has 0 saturated heterocycles. The number of benzene rings is 1. The second kappa shape index (κ2) is 7.37. The van der Waals surface area contributed by atoms with Gasteiger partial charge in [0.25, 0.3) is 0 Å². The first-order valence-corrected chi connectivity index (χ1v) is 8.72. The maximum Gasteiger partial charge on any atom is 0.222 e. The van der Waals surface area contributed by atoms with Crippen LogP contribution in [0.5, 0.6) is 5.88 Å². The minimum absolute atomic E-state index is 0.0553. The standard InChI is InChI=1S/C21H19N5O/c1-15(11-16-5-3-2-4-6-16)8-10-26-12-18(25-14-26)20-19-17(7-9-22-20)21(27)24-13-23-19/h2-7,9,12-14H,1,8,10-11H2,(H,23,24,27). The molecule has 3 heterocycles. The van der Waals surface area contributed by atoms with Gasteiger partial charge in [-0.25, -0.2) is 15.0 Å². The Morgan fingerprint density at radius 2 is 1.89 bits per heavy atom. The summed E-state index contributed by atoms with van der Waals surface area (Å²) < 4.78 is 2.02. The Morgan fingerprint density at radius 3 is 2.74 bits per heavy atom. The van der Waals surface area contributed by atoms with E-state index >= 15 is 0 Å². The molecule has 6 nitrogen and oxygen atoms in total. The van der Waals surface area contributed by atoms with Gasteiger partial charge in [0, 0.05) is 18.9 Å². The zero-order valence-electron chi connectivity index (χ0n) is 14.8. The predicted molar refractivity (Wildman–Crippen MR) is 104 cm³/mol. The van der Waals surface area contributed by atoms with Crippen LogP contribution in [0, 0.1) is 0 Å². The average molecular weight is 357 g/mol. The van der Waals surface area contributed by atoms with Crippen LogP contribution >= 0.6 is 0 Å². The first kappa shape index (κ1) is 16.9. The van der Waals surface area contributed by atoms with E-state index in [-0.39, 0.29) is 5.88 Å². The summed E-state index contributed by atoms with van der Waals surface area (Å²) in [5.41, 5.74) is 4.38. The topological polar surface area (TPSA) is 76.7 Å². The molecular formula is C21H19N5O. The number of hydrogen-bond donors (Lipinski definition) is 1. The van der Waals surface area contributed by atoms with Crippen molar-refractivity contribution >= 4 is 10.9 Å². The smallest absolute Gasteiger partial charge is 0.222 e. The van der Waals surface area contributed by atoms with Gasteiger partial charge in [0.15, 0.2) is 0 Å². The summed E-state index contributed by atoms with van der Waals surface area (Å²) in [7, 11) is 0. The fraction of sp³-hybridized carbons (Fsp3) is 0.143. The number of allylic oxidation sites excluding steroid dienone is 1. The van der Waals surface area contributed by atoms with Gasteiger partial charge < -0.3 is 9.67 Å². The molecule has 0 aliphatic heterocycles. The van der Waals surface area contributed by atoms with Crippen LogP contribution in [0.2, 0.25) is 0 Å². The summed E-state index contributed by atoms with van der Waals surface area (Å²) in [6.07, 6.45) is 8.43. The number of imidazole rings is 1. The monoisotopic (exact) mass is 357 g/mol. The van der Waals surface area contributed by atoms with Crippen molar-refractivity contribution < 1.29 is 5.11 Å². The number of rotatable bonds is 6. The van der Waals surface area contributed by atoms with Crippen molar-refractivity contribution in [2.24, 2.45) is 0 Å². The van der Waals surface area contributed by atoms with E-state index in [1.807, 2.05) is 29.0 Å². The van der Waals surface area contributed by atoms with Crippen molar-refractivity contribution in [2.75, 3.05) is 0 Å². The van der Waals surface area contributed by atoms with Gasteiger partial charge in [0.2, 0.25) is 5.88 Å². The van der Waals surface area contributed by atoms with Crippen LogP contribution in [0.4, 0.5) is 0 Å². The molecule has 0 unspecified atom stereocenters. The van der Waals surface area contributed by atoms with Crippen LogP contribution in [-0.2, 0) is 13.0 Å². The molecule has 0 fully saturated rings. The highest BCUT2D eigenvalue weighted by Crippen LogP contribution is 2.27. The number of aromatic nitrogens is 5. The lowest BCUT2D eigenvalue weighted by molar-refractivity contribution is 0.459. The van der Waals surface area contributed by atoms with Crippen molar-refractivity contribution in [3.8, 4) is 17.3 Å². The molecular weight excluding hydrogens is 338 g/mol. The highest BCUT2D eigenvalue weighted by molar-refractivity contribution is 5.92. The second-order valence-corrected chi connectivity index (χ2v) is 6.41. The molecule has 0 aliphatic rings. The molecule has 1 aromatic carbocycles. The third kappa shape index (κ3) is 3.69. The molecule has 3 aromatic heterocycles. The quantitative estimate of drug-likeness (QED) is 0.531. The van der Waals surface area contributed by atoms with Gasteiger partial charge in [-0.2, -0.15) is 0 Å². The van der Waals surface area contributed by atoms with Crippen LogP contribution in [-0.4, -0.2) is 29.6 Å². The van der Waals surface area contributed by atoms with Crippen LogP contribution in [0.25, 0.3) is 22.3 Å². The number of pyridine rings is 1. The maximum atomic E-state index is 9.90. The molecule has 1 N–H and O–H groups in total. The van der Waals surface area contributed by atoms with Gasteiger partial charge in [-0.15, -0.1) is 0 Å². The lowest BCUT2D eigenvalue weighted by Gasteiger charge is -2.06. The lowest BCUT2D eigenvalue weighted by atomic mass is 10.0. The SMILES string of the molecule is C=C(CCn1cnc(-c2nccc3c(O)ncnc23)c1)Cc1ccccc1. The molecule has 6 heteroatoms. The molecule has 4 aromatic rings. The van der Waals surface area contributed by atoms with Gasteiger partial charge in [0.05, 0.1) is 11.7 Å². The van der Waals surface area contributed by atoms with E-state index in [4.69, 9.17) is 0 Å². The highest BCUT2D eigenvalue weighted by atomic mass is 16.3. The number of hydrogen-bond acceptors (Lipinski definition) is 5. The first-order chi connectivity index (χ1) is 13.2. The number of aryl methyl sites for hydroxylation is 1. The summed E-state index contributed by atoms with van der Waals surface area (Å²) in [5, 5.41) is 10.5. The Kier molecular flexibility index (Phi) is 4.61. The molecule has 134 valence electrons. The van der Waals surface area contributed by atoms with Crippen molar-refractivity contribution in [3.05, 3.63) is 79.2 Å². The Balaban J connectivity index is 1.48. The number of nitrogens with zero attached hydrogens (tertiary/aromatic N) is 5. The zero-order chi connectivity index (χ0) is 18.6. The van der Waals surface area contributed by atoms with Gasteiger partial charge >= 0.3 is 0 Å². The predicted octanol–water partition coefficient (Wildman–Crippen LogP) is 3.78. The largest absolute Gasteiger partial charge is 0.493 e. The van der Waals surface area contributed by atoms with E-state index in [9.17, 15) is 5.11 Å². The van der Waals surface area contributed by atoms with Gasteiger partial charge in [0.1, 0.15) is 23.2 Å². The van der Waals surface area contributed by atoms with E-state index in [2.05, 4.69) is 38.6 Å². The molecule has 0 atom stereocenters. The van der Waals surface area contributed by atoms with Crippen LogP contribution < -0.4 is 0 Å². The van der Waals surface area contributed by atoms with E-state index < -0.39 is 0 Å². The van der Waals surface area contributed by atoms with E-state index in [0.717, 1.165) is 19.4 Å². The van der Waals surface area contributed by atoms with Crippen LogP contribution in [0.15, 0.2) is 73.6 Å². The van der Waals surface area contributed by atoms with Crippen molar-refractivity contribution in [1.29, 1.82) is 0 Å². The third-order valence-electron chi connectivity index (χ3n) is 4.43. The lowest BCUT2D eigenvalue weighted by Crippen LogP contribution is -1.98. The third-order valence-corrected chi connectivity index (χ3v) is 4.43. The first-order valence-electron chi connectivity index (χ1n) is 8.72. The molecule has 4 rings (SSSR count). The van der Waals surface area contributed by atoms with E-state index in [1.165, 1.54) is 17.5 Å². The van der Waals surface area contributed by atoms with Gasteiger partial charge in [-0.05, 0) is 24.5 Å². The van der Waals surface area contributed by atoms with Gasteiger partial charge in [-0.3, -0.25) is 4.98 Å². The van der Waals surface area contributed by atoms with Crippen LogP contribution in [0.1, 0.15) is 12.0 Å². The van der Waals surface area contributed by atoms with E-state index in [0.29, 0.717) is 22.3 Å². The zero-order valence-corrected chi connectivity index (χ0v) is 14.8. The van der Waals surface area contributed by atoms with Crippen molar-refractivity contribution in [2.45, 2.75) is 19.4 Å². The Hall–Kier alpha value is -3.54. The fourth-order valence-electron chi connectivity index (χ4n) is 3.03. The fourth-order valence-corrected chi connectivity index (χ4v) is 3.03. The maximum absolute atomic E-state index is 9.90. The molecule has 0 saturated carbocycles.